The van der Waals surface area contributed by atoms with Crippen LogP contribution in [0.25, 0.3) is 0 Å². The Kier molecular flexibility index (Phi) is 9.16. The van der Waals surface area contributed by atoms with Gasteiger partial charge >= 0.3 is 0 Å². The predicted octanol–water partition coefficient (Wildman–Crippen LogP) is 2.74. The van der Waals surface area contributed by atoms with E-state index in [4.69, 9.17) is 9.47 Å². The van der Waals surface area contributed by atoms with Crippen molar-refractivity contribution in [2.24, 2.45) is 4.99 Å². The molecule has 0 aliphatic carbocycles. The standard InChI is InChI=1S/C18H28BrN3O2/c1-20-18(22-10-4-11-24-17-8-12-23-14-17)21-9-3-6-15-5-2-7-16(19)13-15/h2,5,7,13,17H,3-4,6,8-12,14H2,1H3,(H2,20,21,22). The summed E-state index contributed by atoms with van der Waals surface area (Å²) in [5.41, 5.74) is 1.35. The highest BCUT2D eigenvalue weighted by Crippen LogP contribution is 2.12. The number of halogens is 1. The summed E-state index contributed by atoms with van der Waals surface area (Å²) in [6, 6.07) is 8.46. The molecule has 0 radical (unpaired) electrons. The van der Waals surface area contributed by atoms with Crippen molar-refractivity contribution in [2.75, 3.05) is 40.0 Å². The average Bonchev–Trinajstić information content (AvgIpc) is 3.10. The molecule has 1 aromatic rings. The zero-order valence-corrected chi connectivity index (χ0v) is 16.0. The number of hydrogen-bond acceptors (Lipinski definition) is 3. The van der Waals surface area contributed by atoms with Crippen molar-refractivity contribution in [1.82, 2.24) is 10.6 Å². The summed E-state index contributed by atoms with van der Waals surface area (Å²) < 4.78 is 12.2. The van der Waals surface area contributed by atoms with Gasteiger partial charge in [0.25, 0.3) is 0 Å². The summed E-state index contributed by atoms with van der Waals surface area (Å²) in [7, 11) is 1.80. The first-order chi connectivity index (χ1) is 11.8. The zero-order valence-electron chi connectivity index (χ0n) is 14.4. The van der Waals surface area contributed by atoms with E-state index in [1.807, 2.05) is 0 Å². The van der Waals surface area contributed by atoms with Crippen molar-refractivity contribution in [3.8, 4) is 0 Å². The van der Waals surface area contributed by atoms with Crippen LogP contribution >= 0.6 is 15.9 Å². The van der Waals surface area contributed by atoms with Crippen LogP contribution in [-0.2, 0) is 15.9 Å². The lowest BCUT2D eigenvalue weighted by molar-refractivity contribution is 0.0420. The van der Waals surface area contributed by atoms with E-state index in [2.05, 4.69) is 55.8 Å². The van der Waals surface area contributed by atoms with Crippen LogP contribution in [0.3, 0.4) is 0 Å². The smallest absolute Gasteiger partial charge is 0.190 e. The van der Waals surface area contributed by atoms with Gasteiger partial charge in [0.05, 0.1) is 12.7 Å². The fraction of sp³-hybridized carbons (Fsp3) is 0.611. The first-order valence-electron chi connectivity index (χ1n) is 8.66. The van der Waals surface area contributed by atoms with Gasteiger partial charge in [-0.05, 0) is 43.4 Å². The molecule has 0 spiro atoms. The fourth-order valence-electron chi connectivity index (χ4n) is 2.59. The van der Waals surface area contributed by atoms with Crippen molar-refractivity contribution in [3.05, 3.63) is 34.3 Å². The molecule has 1 fully saturated rings. The molecule has 5 nitrogen and oxygen atoms in total. The molecule has 6 heteroatoms. The molecule has 0 aromatic heterocycles. The van der Waals surface area contributed by atoms with E-state index in [0.29, 0.717) is 6.10 Å². The van der Waals surface area contributed by atoms with Crippen LogP contribution in [0.1, 0.15) is 24.8 Å². The van der Waals surface area contributed by atoms with Gasteiger partial charge in [-0.1, -0.05) is 28.1 Å². The molecular weight excluding hydrogens is 370 g/mol. The van der Waals surface area contributed by atoms with E-state index < -0.39 is 0 Å². The Morgan fingerprint density at radius 1 is 1.33 bits per heavy atom. The van der Waals surface area contributed by atoms with E-state index in [-0.39, 0.29) is 0 Å². The zero-order chi connectivity index (χ0) is 17.0. The summed E-state index contributed by atoms with van der Waals surface area (Å²) in [6.45, 7) is 4.11. The molecule has 0 amide bonds. The topological polar surface area (TPSA) is 54.9 Å². The average molecular weight is 398 g/mol. The summed E-state index contributed by atoms with van der Waals surface area (Å²) in [5.74, 6) is 0.855. The maximum atomic E-state index is 5.75. The van der Waals surface area contributed by atoms with Crippen LogP contribution < -0.4 is 10.6 Å². The van der Waals surface area contributed by atoms with Crippen molar-refractivity contribution >= 4 is 21.9 Å². The first kappa shape index (κ1) is 19.2. The van der Waals surface area contributed by atoms with Gasteiger partial charge < -0.3 is 20.1 Å². The molecule has 134 valence electrons. The van der Waals surface area contributed by atoms with Crippen molar-refractivity contribution in [1.29, 1.82) is 0 Å². The maximum Gasteiger partial charge on any atom is 0.190 e. The van der Waals surface area contributed by atoms with Gasteiger partial charge in [-0.15, -0.1) is 0 Å². The molecular formula is C18H28BrN3O2. The lowest BCUT2D eigenvalue weighted by Crippen LogP contribution is -2.38. The molecule has 2 N–H and O–H groups in total. The van der Waals surface area contributed by atoms with Crippen molar-refractivity contribution < 1.29 is 9.47 Å². The summed E-state index contributed by atoms with van der Waals surface area (Å²) >= 11 is 3.51. The molecule has 1 aliphatic heterocycles. The number of aliphatic imine (C=N–C) groups is 1. The van der Waals surface area contributed by atoms with Crippen molar-refractivity contribution in [3.63, 3.8) is 0 Å². The highest BCUT2D eigenvalue weighted by Gasteiger charge is 2.15. The molecule has 1 atom stereocenters. The molecule has 1 aliphatic rings. The van der Waals surface area contributed by atoms with E-state index in [9.17, 15) is 0 Å². The highest BCUT2D eigenvalue weighted by atomic mass is 79.9. The van der Waals surface area contributed by atoms with Gasteiger partial charge in [0.2, 0.25) is 0 Å². The quantitative estimate of drug-likeness (QED) is 0.382. The minimum Gasteiger partial charge on any atom is -0.379 e. The van der Waals surface area contributed by atoms with Crippen LogP contribution in [0.15, 0.2) is 33.7 Å². The lowest BCUT2D eigenvalue weighted by atomic mass is 10.1. The molecule has 1 heterocycles. The van der Waals surface area contributed by atoms with Crippen LogP contribution in [-0.4, -0.2) is 52.0 Å². The van der Waals surface area contributed by atoms with Gasteiger partial charge in [0.15, 0.2) is 5.96 Å². The van der Waals surface area contributed by atoms with Gasteiger partial charge in [-0.2, -0.15) is 0 Å². The molecule has 1 unspecified atom stereocenters. The van der Waals surface area contributed by atoms with E-state index >= 15 is 0 Å². The largest absolute Gasteiger partial charge is 0.379 e. The second kappa shape index (κ2) is 11.4. The van der Waals surface area contributed by atoms with E-state index in [1.165, 1.54) is 5.56 Å². The van der Waals surface area contributed by atoms with E-state index in [1.54, 1.807) is 7.05 Å². The number of aryl methyl sites for hydroxylation is 1. The molecule has 0 saturated carbocycles. The third kappa shape index (κ3) is 7.64. The Labute approximate surface area is 153 Å². The summed E-state index contributed by atoms with van der Waals surface area (Å²) in [5, 5.41) is 6.68. The monoisotopic (exact) mass is 397 g/mol. The molecule has 2 rings (SSSR count). The Balaban J connectivity index is 1.50. The van der Waals surface area contributed by atoms with E-state index in [0.717, 1.165) is 69.0 Å². The third-order valence-electron chi connectivity index (χ3n) is 3.90. The summed E-state index contributed by atoms with van der Waals surface area (Å²) in [4.78, 5) is 4.25. The number of guanidine groups is 1. The summed E-state index contributed by atoms with van der Waals surface area (Å²) in [6.07, 6.45) is 4.41. The van der Waals surface area contributed by atoms with Crippen LogP contribution in [0.2, 0.25) is 0 Å². The Bertz CT molecular complexity index is 505. The van der Waals surface area contributed by atoms with Gasteiger partial charge in [-0.3, -0.25) is 4.99 Å². The molecule has 1 saturated heterocycles. The number of nitrogens with one attached hydrogen (secondary N) is 2. The number of benzene rings is 1. The van der Waals surface area contributed by atoms with Crippen LogP contribution in [0, 0.1) is 0 Å². The number of rotatable bonds is 9. The van der Waals surface area contributed by atoms with Gasteiger partial charge in [0, 0.05) is 37.8 Å². The molecule has 24 heavy (non-hydrogen) atoms. The Morgan fingerprint density at radius 2 is 2.17 bits per heavy atom. The number of ether oxygens (including phenoxy) is 2. The predicted molar refractivity (Wildman–Crippen MR) is 102 cm³/mol. The maximum absolute atomic E-state index is 5.75. The van der Waals surface area contributed by atoms with Crippen LogP contribution in [0.5, 0.6) is 0 Å². The fourth-order valence-corrected chi connectivity index (χ4v) is 3.03. The normalized spacial score (nSPS) is 17.9. The third-order valence-corrected chi connectivity index (χ3v) is 4.40. The van der Waals surface area contributed by atoms with Gasteiger partial charge in [-0.25, -0.2) is 0 Å². The van der Waals surface area contributed by atoms with Gasteiger partial charge in [0.1, 0.15) is 0 Å². The molecule has 1 aromatic carbocycles. The minimum atomic E-state index is 0.292. The first-order valence-corrected chi connectivity index (χ1v) is 9.45. The Morgan fingerprint density at radius 3 is 2.88 bits per heavy atom. The highest BCUT2D eigenvalue weighted by molar-refractivity contribution is 9.10. The van der Waals surface area contributed by atoms with Crippen molar-refractivity contribution in [2.45, 2.75) is 31.8 Å². The second-order valence-electron chi connectivity index (χ2n) is 5.87. The Hall–Kier alpha value is -1.11. The number of hydrogen-bond donors (Lipinski definition) is 2. The SMILES string of the molecule is CN=C(NCCCOC1CCOC1)NCCCc1cccc(Br)c1. The minimum absolute atomic E-state index is 0.292. The lowest BCUT2D eigenvalue weighted by Gasteiger charge is -2.13. The molecule has 0 bridgehead atoms. The second-order valence-corrected chi connectivity index (χ2v) is 6.78. The van der Waals surface area contributed by atoms with Crippen LogP contribution in [0.4, 0.5) is 0 Å². The number of nitrogens with zero attached hydrogens (tertiary/aromatic N) is 1.